The molecule has 268 valence electrons. The van der Waals surface area contributed by atoms with Crippen molar-refractivity contribution < 1.29 is 9.53 Å². The number of carbonyl (C=O) groups excluding carboxylic acids is 1. The molecule has 2 aromatic heterocycles. The number of nitrogens with one attached hydrogen (secondary N) is 3. The summed E-state index contributed by atoms with van der Waals surface area (Å²) < 4.78 is 6.59. The van der Waals surface area contributed by atoms with Crippen LogP contribution in [0.25, 0.3) is 33.4 Å². The zero-order valence-corrected chi connectivity index (χ0v) is 30.1. The summed E-state index contributed by atoms with van der Waals surface area (Å²) in [7, 11) is 2.17. The normalized spacial score (nSPS) is 13.2. The molecule has 9 nitrogen and oxygen atoms in total. The lowest BCUT2D eigenvalue weighted by atomic mass is 9.98. The molecule has 0 spiro atoms. The predicted molar refractivity (Wildman–Crippen MR) is 218 cm³/mol. The number of aromatic nitrogens is 3. The minimum Gasteiger partial charge on any atom is -0.481 e. The van der Waals surface area contributed by atoms with Gasteiger partial charge < -0.3 is 30.2 Å². The van der Waals surface area contributed by atoms with Gasteiger partial charge in [-0.1, -0.05) is 91.5 Å². The summed E-state index contributed by atoms with van der Waals surface area (Å²) in [5.41, 5.74) is 9.29. The van der Waals surface area contributed by atoms with E-state index < -0.39 is 0 Å². The van der Waals surface area contributed by atoms with Gasteiger partial charge in [0.25, 0.3) is 0 Å². The molecule has 3 N–H and O–H groups in total. The highest BCUT2D eigenvalue weighted by molar-refractivity contribution is 6.09. The third-order valence-electron chi connectivity index (χ3n) is 9.79. The van der Waals surface area contributed by atoms with Gasteiger partial charge in [-0.25, -0.2) is 9.97 Å². The molecule has 1 aliphatic rings. The van der Waals surface area contributed by atoms with Crippen molar-refractivity contribution in [1.29, 1.82) is 0 Å². The number of hydrogen-bond acceptors (Lipinski definition) is 7. The van der Waals surface area contributed by atoms with E-state index in [1.165, 1.54) is 11.8 Å². The second kappa shape index (κ2) is 15.5. The molecule has 0 unspecified atom stereocenters. The Labute approximate surface area is 315 Å². The third kappa shape index (κ3) is 7.44. The first kappa shape index (κ1) is 34.4. The van der Waals surface area contributed by atoms with Gasteiger partial charge >= 0.3 is 0 Å². The van der Waals surface area contributed by atoms with Crippen LogP contribution in [-0.2, 0) is 4.79 Å². The van der Waals surface area contributed by atoms with Crippen LogP contribution in [-0.4, -0.2) is 59.0 Å². The number of fused-ring (bicyclic) bond motifs is 1. The van der Waals surface area contributed by atoms with Gasteiger partial charge in [-0.05, 0) is 83.9 Å². The number of carbonyl (C=O) groups is 1. The molecule has 0 saturated carbocycles. The standard InChI is InChI=1S/C45H41N7O2/c1-3-39(53)48-36-16-10-15-34(29-36)40-41-44(46-30-47-45(41)50-42(40)31-17-21-37(22-18-31)52-27-25-51(2)26-28-52)49-35-19-23-38(24-20-35)54-43(32-11-6-4-7-12-32)33-13-8-5-9-14-33/h3-24,29-30,43H,1,25-28H2,2H3,(H,48,53)(H2,46,47,49,50). The first-order chi connectivity index (χ1) is 26.5. The van der Waals surface area contributed by atoms with Gasteiger partial charge in [0.05, 0.1) is 11.1 Å². The van der Waals surface area contributed by atoms with Crippen molar-refractivity contribution in [3.05, 3.63) is 164 Å². The van der Waals surface area contributed by atoms with Gasteiger partial charge in [0.2, 0.25) is 5.91 Å². The molecule has 1 saturated heterocycles. The highest BCUT2D eigenvalue weighted by atomic mass is 16.5. The molecular formula is C45H41N7O2. The molecule has 0 bridgehead atoms. The topological polar surface area (TPSA) is 98.4 Å². The first-order valence-corrected chi connectivity index (χ1v) is 18.1. The summed E-state index contributed by atoms with van der Waals surface area (Å²) in [6.45, 7) is 7.68. The molecule has 1 amide bonds. The van der Waals surface area contributed by atoms with Crippen molar-refractivity contribution in [2.45, 2.75) is 6.10 Å². The molecule has 7 aromatic rings. The Hall–Kier alpha value is -6.71. The number of amides is 1. The predicted octanol–water partition coefficient (Wildman–Crippen LogP) is 9.08. The smallest absolute Gasteiger partial charge is 0.247 e. The fourth-order valence-corrected chi connectivity index (χ4v) is 6.95. The van der Waals surface area contributed by atoms with Crippen LogP contribution in [0.3, 0.4) is 0 Å². The number of benzene rings is 5. The summed E-state index contributed by atoms with van der Waals surface area (Å²) in [6, 6.07) is 44.9. The Balaban J connectivity index is 1.14. The van der Waals surface area contributed by atoms with Crippen molar-refractivity contribution >= 4 is 39.8 Å². The van der Waals surface area contributed by atoms with Gasteiger partial charge in [-0.15, -0.1) is 0 Å². The molecule has 0 atom stereocenters. The Morgan fingerprint density at radius 2 is 1.46 bits per heavy atom. The van der Waals surface area contributed by atoms with Crippen LogP contribution in [0.5, 0.6) is 5.75 Å². The van der Waals surface area contributed by atoms with Crippen LogP contribution in [0.15, 0.2) is 152 Å². The monoisotopic (exact) mass is 711 g/mol. The molecule has 3 heterocycles. The van der Waals surface area contributed by atoms with Crippen LogP contribution in [0.2, 0.25) is 0 Å². The lowest BCUT2D eigenvalue weighted by Crippen LogP contribution is -2.44. The Bertz CT molecular complexity index is 2330. The van der Waals surface area contributed by atoms with Crippen LogP contribution < -0.4 is 20.3 Å². The van der Waals surface area contributed by atoms with Gasteiger partial charge in [0.15, 0.2) is 0 Å². The molecule has 9 heteroatoms. The second-order valence-corrected chi connectivity index (χ2v) is 13.4. The fourth-order valence-electron chi connectivity index (χ4n) is 6.95. The number of piperazine rings is 1. The maximum atomic E-state index is 12.3. The zero-order valence-electron chi connectivity index (χ0n) is 30.1. The van der Waals surface area contributed by atoms with E-state index in [9.17, 15) is 4.79 Å². The first-order valence-electron chi connectivity index (χ1n) is 18.1. The van der Waals surface area contributed by atoms with E-state index in [0.29, 0.717) is 17.2 Å². The SMILES string of the molecule is C=CC(=O)Nc1cccc(-c2c(-c3ccc(N4CCN(C)CC4)cc3)[nH]c3ncnc(Nc4ccc(OC(c5ccccc5)c5ccccc5)cc4)c23)c1. The van der Waals surface area contributed by atoms with E-state index >= 15 is 0 Å². The van der Waals surface area contributed by atoms with Gasteiger partial charge in [-0.2, -0.15) is 0 Å². The van der Waals surface area contributed by atoms with Crippen molar-refractivity contribution in [3.8, 4) is 28.1 Å². The van der Waals surface area contributed by atoms with E-state index in [1.807, 2.05) is 84.9 Å². The number of aromatic amines is 1. The lowest BCUT2D eigenvalue weighted by molar-refractivity contribution is -0.111. The summed E-state index contributed by atoms with van der Waals surface area (Å²) >= 11 is 0. The van der Waals surface area contributed by atoms with E-state index in [4.69, 9.17) is 9.72 Å². The Kier molecular flexibility index (Phi) is 9.86. The van der Waals surface area contributed by atoms with E-state index in [-0.39, 0.29) is 12.0 Å². The number of likely N-dealkylation sites (N-methyl/N-ethyl adjacent to an activating group) is 1. The molecule has 54 heavy (non-hydrogen) atoms. The van der Waals surface area contributed by atoms with Crippen molar-refractivity contribution in [2.24, 2.45) is 0 Å². The number of nitrogens with zero attached hydrogens (tertiary/aromatic N) is 4. The number of H-pyrrole nitrogens is 1. The molecule has 1 aliphatic heterocycles. The fraction of sp³-hybridized carbons (Fsp3) is 0.133. The Morgan fingerprint density at radius 1 is 0.778 bits per heavy atom. The number of rotatable bonds is 11. The van der Waals surface area contributed by atoms with Crippen molar-refractivity contribution in [1.82, 2.24) is 19.9 Å². The van der Waals surface area contributed by atoms with Gasteiger partial charge in [0.1, 0.15) is 29.6 Å². The summed E-state index contributed by atoms with van der Waals surface area (Å²) in [6.07, 6.45) is 2.57. The minimum atomic E-state index is -0.275. The highest BCUT2D eigenvalue weighted by Gasteiger charge is 2.22. The molecule has 8 rings (SSSR count). The second-order valence-electron chi connectivity index (χ2n) is 13.4. The van der Waals surface area contributed by atoms with Crippen LogP contribution in [0.1, 0.15) is 17.2 Å². The number of anilines is 4. The van der Waals surface area contributed by atoms with Crippen molar-refractivity contribution in [3.63, 3.8) is 0 Å². The average molecular weight is 712 g/mol. The highest BCUT2D eigenvalue weighted by Crippen LogP contribution is 2.42. The molecule has 0 radical (unpaired) electrons. The number of hydrogen-bond donors (Lipinski definition) is 3. The molecular weight excluding hydrogens is 671 g/mol. The lowest BCUT2D eigenvalue weighted by Gasteiger charge is -2.34. The van der Waals surface area contributed by atoms with Gasteiger partial charge in [-0.3, -0.25) is 4.79 Å². The maximum absolute atomic E-state index is 12.3. The molecule has 1 fully saturated rings. The van der Waals surface area contributed by atoms with E-state index in [2.05, 4.69) is 92.6 Å². The number of ether oxygens (including phenoxy) is 1. The Morgan fingerprint density at radius 3 is 2.13 bits per heavy atom. The van der Waals surface area contributed by atoms with E-state index in [0.717, 1.165) is 76.5 Å². The van der Waals surface area contributed by atoms with Crippen LogP contribution >= 0.6 is 0 Å². The minimum absolute atomic E-state index is 0.254. The van der Waals surface area contributed by atoms with Gasteiger partial charge in [0, 0.05) is 48.8 Å². The molecule has 0 aliphatic carbocycles. The van der Waals surface area contributed by atoms with Crippen LogP contribution in [0.4, 0.5) is 22.9 Å². The molecule has 5 aromatic carbocycles. The maximum Gasteiger partial charge on any atom is 0.247 e. The van der Waals surface area contributed by atoms with Crippen LogP contribution in [0, 0.1) is 0 Å². The average Bonchev–Trinajstić information content (AvgIpc) is 3.62. The summed E-state index contributed by atoms with van der Waals surface area (Å²) in [5.74, 6) is 1.11. The van der Waals surface area contributed by atoms with Crippen molar-refractivity contribution in [2.75, 3.05) is 48.8 Å². The third-order valence-corrected chi connectivity index (χ3v) is 9.79. The quantitative estimate of drug-likeness (QED) is 0.115. The summed E-state index contributed by atoms with van der Waals surface area (Å²) in [5, 5.41) is 7.29. The zero-order chi connectivity index (χ0) is 36.9. The van der Waals surface area contributed by atoms with E-state index in [1.54, 1.807) is 6.33 Å². The summed E-state index contributed by atoms with van der Waals surface area (Å²) in [4.78, 5) is 30.1. The largest absolute Gasteiger partial charge is 0.481 e.